The Morgan fingerprint density at radius 2 is 1.11 bits per heavy atom. The number of hydrogen-bond acceptors (Lipinski definition) is 7. The van der Waals surface area contributed by atoms with Crippen LogP contribution in [0.3, 0.4) is 0 Å². The predicted molar refractivity (Wildman–Crippen MR) is 151 cm³/mol. The van der Waals surface area contributed by atoms with Gasteiger partial charge >= 0.3 is 7.60 Å². The SMILES string of the molecule is CC(C)[Si](O[C@@H](C)[C@@H](OS(C)(=O)=O)P(=O)(OCc1ccccc1)OCc1ccccc1)(C(C)C)C(C)C. The molecule has 208 valence electrons. The van der Waals surface area contributed by atoms with Gasteiger partial charge in [0.2, 0.25) is 14.2 Å². The molecular weight excluding hydrogens is 527 g/mol. The van der Waals surface area contributed by atoms with Gasteiger partial charge in [0.1, 0.15) is 0 Å². The van der Waals surface area contributed by atoms with Crippen LogP contribution in [0, 0.1) is 0 Å². The molecule has 0 spiro atoms. The Balaban J connectivity index is 2.51. The van der Waals surface area contributed by atoms with Crippen LogP contribution in [0.25, 0.3) is 0 Å². The van der Waals surface area contributed by atoms with Crippen molar-refractivity contribution in [2.24, 2.45) is 0 Å². The molecule has 0 saturated heterocycles. The summed E-state index contributed by atoms with van der Waals surface area (Å²) in [7, 11) is -10.7. The minimum Gasteiger partial charge on any atom is -0.410 e. The molecular formula is C27H43O7PSSi. The van der Waals surface area contributed by atoms with Crippen LogP contribution in [-0.2, 0) is 45.6 Å². The molecule has 0 amide bonds. The molecule has 0 radical (unpaired) electrons. The van der Waals surface area contributed by atoms with E-state index in [1.807, 2.05) is 60.7 Å². The Morgan fingerprint density at radius 3 is 1.43 bits per heavy atom. The standard InChI is InChI=1S/C27H43O7PSSi/c1-21(2)37(22(3)4,23(5)6)34-24(7)27(33-36(8,29)30)35(28,31-19-25-15-11-9-12-16-25)32-20-26-17-13-10-14-18-26/h9-18,21-24,27H,19-20H2,1-8H3/t24-,27-/m0/s1. The maximum Gasteiger partial charge on any atom is 0.363 e. The molecule has 0 aliphatic rings. The fourth-order valence-electron chi connectivity index (χ4n) is 5.02. The van der Waals surface area contributed by atoms with Crippen molar-refractivity contribution in [1.82, 2.24) is 0 Å². The quantitative estimate of drug-likeness (QED) is 0.124. The van der Waals surface area contributed by atoms with Gasteiger partial charge in [-0.15, -0.1) is 0 Å². The molecule has 0 bridgehead atoms. The summed E-state index contributed by atoms with van der Waals surface area (Å²) in [4.78, 5) is 0. The van der Waals surface area contributed by atoms with Gasteiger partial charge in [0.25, 0.3) is 10.1 Å². The van der Waals surface area contributed by atoms with E-state index in [1.54, 1.807) is 6.92 Å². The normalized spacial score (nSPS) is 14.9. The van der Waals surface area contributed by atoms with E-state index in [-0.39, 0.29) is 29.8 Å². The first-order valence-corrected chi connectivity index (χ1v) is 18.3. The lowest BCUT2D eigenvalue weighted by molar-refractivity contribution is 0.0670. The molecule has 0 aliphatic heterocycles. The van der Waals surface area contributed by atoms with E-state index < -0.39 is 38.0 Å². The second-order valence-electron chi connectivity index (χ2n) is 10.4. The van der Waals surface area contributed by atoms with E-state index in [9.17, 15) is 13.0 Å². The molecule has 0 N–H and O–H groups in total. The summed E-state index contributed by atoms with van der Waals surface area (Å²) in [6.07, 6.45) is 0.0645. The molecule has 10 heteroatoms. The first-order chi connectivity index (χ1) is 17.2. The monoisotopic (exact) mass is 570 g/mol. The molecule has 0 aliphatic carbocycles. The number of rotatable bonds is 15. The van der Waals surface area contributed by atoms with Crippen molar-refractivity contribution in [2.75, 3.05) is 6.26 Å². The fourth-order valence-corrected chi connectivity index (χ4v) is 13.7. The van der Waals surface area contributed by atoms with Gasteiger partial charge in [-0.1, -0.05) is 102 Å². The Morgan fingerprint density at radius 1 is 0.730 bits per heavy atom. The average Bonchev–Trinajstić information content (AvgIpc) is 2.83. The van der Waals surface area contributed by atoms with Crippen LogP contribution in [0.4, 0.5) is 0 Å². The number of hydrogen-bond donors (Lipinski definition) is 0. The maximum absolute atomic E-state index is 14.5. The van der Waals surface area contributed by atoms with Gasteiger partial charge in [0.05, 0.1) is 25.6 Å². The van der Waals surface area contributed by atoms with Crippen molar-refractivity contribution >= 4 is 26.0 Å². The van der Waals surface area contributed by atoms with E-state index in [1.165, 1.54) is 0 Å². The molecule has 0 aromatic heterocycles. The molecule has 0 heterocycles. The molecule has 0 unspecified atom stereocenters. The minimum absolute atomic E-state index is 0.0373. The maximum atomic E-state index is 14.5. The molecule has 0 fully saturated rings. The van der Waals surface area contributed by atoms with Crippen LogP contribution in [0.15, 0.2) is 60.7 Å². The van der Waals surface area contributed by atoms with E-state index in [0.29, 0.717) is 0 Å². The molecule has 2 aromatic rings. The molecule has 2 rings (SSSR count). The largest absolute Gasteiger partial charge is 0.410 e. The van der Waals surface area contributed by atoms with E-state index in [0.717, 1.165) is 17.4 Å². The average molecular weight is 571 g/mol. The van der Waals surface area contributed by atoms with Crippen LogP contribution in [-0.4, -0.2) is 34.9 Å². The third kappa shape index (κ3) is 8.85. The minimum atomic E-state index is -4.19. The highest BCUT2D eigenvalue weighted by Gasteiger charge is 2.51. The third-order valence-electron chi connectivity index (χ3n) is 6.59. The highest BCUT2D eigenvalue weighted by atomic mass is 32.2. The molecule has 37 heavy (non-hydrogen) atoms. The summed E-state index contributed by atoms with van der Waals surface area (Å²) in [5.74, 6) is -1.47. The first-order valence-electron chi connectivity index (χ1n) is 12.7. The lowest BCUT2D eigenvalue weighted by Gasteiger charge is -2.45. The lowest BCUT2D eigenvalue weighted by atomic mass is 10.2. The summed E-state index contributed by atoms with van der Waals surface area (Å²) in [5, 5.41) is 0. The van der Waals surface area contributed by atoms with Gasteiger partial charge in [-0.2, -0.15) is 8.42 Å². The zero-order chi connectivity index (χ0) is 27.9. The van der Waals surface area contributed by atoms with Crippen LogP contribution >= 0.6 is 7.60 Å². The van der Waals surface area contributed by atoms with Gasteiger partial charge in [0.15, 0.2) is 0 Å². The highest BCUT2D eigenvalue weighted by Crippen LogP contribution is 2.58. The number of benzene rings is 2. The van der Waals surface area contributed by atoms with Gasteiger partial charge in [-0.3, -0.25) is 8.75 Å². The molecule has 2 atom stereocenters. The van der Waals surface area contributed by atoms with Gasteiger partial charge < -0.3 is 13.5 Å². The summed E-state index contributed by atoms with van der Waals surface area (Å²) in [5.41, 5.74) is 2.22. The first kappa shape index (κ1) is 31.9. The smallest absolute Gasteiger partial charge is 0.363 e. The molecule has 7 nitrogen and oxygen atoms in total. The van der Waals surface area contributed by atoms with E-state index in [4.69, 9.17) is 17.7 Å². The highest BCUT2D eigenvalue weighted by molar-refractivity contribution is 7.86. The fraction of sp³-hybridized carbons (Fsp3) is 0.556. The van der Waals surface area contributed by atoms with Crippen molar-refractivity contribution in [3.63, 3.8) is 0 Å². The summed E-state index contributed by atoms with van der Waals surface area (Å²) in [6, 6.07) is 18.5. The Labute approximate surface area is 224 Å². The van der Waals surface area contributed by atoms with Gasteiger partial charge in [-0.25, -0.2) is 0 Å². The third-order valence-corrected chi connectivity index (χ3v) is 15.6. The van der Waals surface area contributed by atoms with Crippen molar-refractivity contribution in [3.05, 3.63) is 71.8 Å². The Kier molecular flexibility index (Phi) is 11.8. The molecule has 0 saturated carbocycles. The van der Waals surface area contributed by atoms with Crippen LogP contribution < -0.4 is 0 Å². The second-order valence-corrected chi connectivity index (χ2v) is 19.5. The van der Waals surface area contributed by atoms with Gasteiger partial charge in [0, 0.05) is 0 Å². The van der Waals surface area contributed by atoms with Crippen molar-refractivity contribution in [3.8, 4) is 0 Å². The Bertz CT molecular complexity index is 1040. The van der Waals surface area contributed by atoms with Crippen molar-refractivity contribution < 1.29 is 30.6 Å². The van der Waals surface area contributed by atoms with Crippen LogP contribution in [0.1, 0.15) is 59.6 Å². The van der Waals surface area contributed by atoms with Gasteiger partial charge in [-0.05, 0) is 34.7 Å². The lowest BCUT2D eigenvalue weighted by Crippen LogP contribution is -2.52. The predicted octanol–water partition coefficient (Wildman–Crippen LogP) is 7.50. The van der Waals surface area contributed by atoms with Crippen LogP contribution in [0.2, 0.25) is 16.6 Å². The molecule has 2 aromatic carbocycles. The topological polar surface area (TPSA) is 88.1 Å². The Hall–Kier alpha value is -1.32. The second kappa shape index (κ2) is 13.6. The zero-order valence-electron chi connectivity index (χ0n) is 23.3. The summed E-state index contributed by atoms with van der Waals surface area (Å²) in [6.45, 7) is 14.4. The summed E-state index contributed by atoms with van der Waals surface area (Å²) < 4.78 is 63.5. The van der Waals surface area contributed by atoms with E-state index >= 15 is 0 Å². The summed E-state index contributed by atoms with van der Waals surface area (Å²) >= 11 is 0. The van der Waals surface area contributed by atoms with Crippen molar-refractivity contribution in [2.45, 2.75) is 90.3 Å². The van der Waals surface area contributed by atoms with E-state index in [2.05, 4.69) is 41.5 Å². The van der Waals surface area contributed by atoms with Crippen molar-refractivity contribution in [1.29, 1.82) is 0 Å². The van der Waals surface area contributed by atoms with Crippen LogP contribution in [0.5, 0.6) is 0 Å². The zero-order valence-corrected chi connectivity index (χ0v) is 26.0.